The van der Waals surface area contributed by atoms with E-state index >= 15 is 0 Å². The van der Waals surface area contributed by atoms with Crippen molar-refractivity contribution >= 4 is 34.5 Å². The van der Waals surface area contributed by atoms with Crippen molar-refractivity contribution in [2.75, 3.05) is 0 Å². The fraction of sp³-hybridized carbons (Fsp3) is 0.0526. The van der Waals surface area contributed by atoms with Crippen LogP contribution in [0.15, 0.2) is 59.0 Å². The van der Waals surface area contributed by atoms with Crippen molar-refractivity contribution in [3.05, 3.63) is 70.0 Å². The second-order valence-corrected chi connectivity index (χ2v) is 5.73. The van der Waals surface area contributed by atoms with E-state index in [1.807, 2.05) is 0 Å². The van der Waals surface area contributed by atoms with E-state index in [1.165, 1.54) is 6.21 Å². The number of phenols is 1. The van der Waals surface area contributed by atoms with Crippen molar-refractivity contribution in [3.63, 3.8) is 0 Å². The number of fused-ring (bicyclic) bond motifs is 1. The van der Waals surface area contributed by atoms with E-state index in [4.69, 9.17) is 16.4 Å². The fourth-order valence-electron chi connectivity index (χ4n) is 2.66. The summed E-state index contributed by atoms with van der Waals surface area (Å²) in [4.78, 5) is 20.6. The largest absolute Gasteiger partial charge is 0.507 e. The lowest BCUT2D eigenvalue weighted by Crippen LogP contribution is -2.14. The standard InChI is InChI=1S/C19H15ClN2O3/c1-3-21-25-11(2)17-18(13-6-4-5-7-16(13)23)14-10-12(20)8-9-15(14)22-19(17)24/h3-10,23H,2H2,1H3,(H,22,24)/b21-3+. The van der Waals surface area contributed by atoms with Gasteiger partial charge in [0.25, 0.3) is 5.56 Å². The van der Waals surface area contributed by atoms with Crippen LogP contribution in [0.5, 0.6) is 5.75 Å². The average Bonchev–Trinajstić information content (AvgIpc) is 2.59. The van der Waals surface area contributed by atoms with Gasteiger partial charge in [-0.1, -0.05) is 41.5 Å². The molecule has 0 saturated heterocycles. The molecule has 1 aromatic heterocycles. The topological polar surface area (TPSA) is 74.7 Å². The third-order valence-electron chi connectivity index (χ3n) is 3.70. The lowest BCUT2D eigenvalue weighted by atomic mass is 9.95. The molecule has 0 aliphatic rings. The second kappa shape index (κ2) is 6.83. The number of rotatable bonds is 4. The fourth-order valence-corrected chi connectivity index (χ4v) is 2.83. The number of phenolic OH excluding ortho intramolecular Hbond substituents is 1. The lowest BCUT2D eigenvalue weighted by molar-refractivity contribution is 0.301. The first-order chi connectivity index (χ1) is 12.0. The number of nitrogens with zero attached hydrogens (tertiary/aromatic N) is 1. The van der Waals surface area contributed by atoms with Crippen molar-refractivity contribution in [1.29, 1.82) is 0 Å². The highest BCUT2D eigenvalue weighted by Gasteiger charge is 2.20. The van der Waals surface area contributed by atoms with E-state index in [0.717, 1.165) is 0 Å². The van der Waals surface area contributed by atoms with Crippen LogP contribution in [0, 0.1) is 0 Å². The molecule has 0 unspecified atom stereocenters. The van der Waals surface area contributed by atoms with Gasteiger partial charge in [0.15, 0.2) is 5.76 Å². The molecule has 5 nitrogen and oxygen atoms in total. The summed E-state index contributed by atoms with van der Waals surface area (Å²) in [5.41, 5.74) is 1.33. The van der Waals surface area contributed by atoms with Crippen molar-refractivity contribution in [2.24, 2.45) is 5.16 Å². The molecule has 0 aliphatic carbocycles. The minimum atomic E-state index is -0.399. The summed E-state index contributed by atoms with van der Waals surface area (Å²) in [7, 11) is 0. The molecule has 3 aromatic rings. The van der Waals surface area contributed by atoms with Crippen LogP contribution in [-0.2, 0) is 4.84 Å². The SMILES string of the molecule is C=C(O/N=C/C)c1c(-c2ccccc2O)c2cc(Cl)ccc2[nH]c1=O. The summed E-state index contributed by atoms with van der Waals surface area (Å²) >= 11 is 6.14. The Bertz CT molecular complexity index is 1050. The smallest absolute Gasteiger partial charge is 0.260 e. The lowest BCUT2D eigenvalue weighted by Gasteiger charge is -2.14. The quantitative estimate of drug-likeness (QED) is 0.410. The van der Waals surface area contributed by atoms with Crippen LogP contribution in [-0.4, -0.2) is 16.3 Å². The van der Waals surface area contributed by atoms with E-state index in [1.54, 1.807) is 49.4 Å². The number of benzene rings is 2. The van der Waals surface area contributed by atoms with Gasteiger partial charge in [-0.3, -0.25) is 4.79 Å². The molecule has 1 heterocycles. The van der Waals surface area contributed by atoms with E-state index in [0.29, 0.717) is 27.1 Å². The number of pyridine rings is 1. The zero-order valence-electron chi connectivity index (χ0n) is 13.4. The molecule has 3 rings (SSSR count). The Labute approximate surface area is 148 Å². The Balaban J connectivity index is 2.44. The normalized spacial score (nSPS) is 11.1. The molecule has 126 valence electrons. The van der Waals surface area contributed by atoms with Gasteiger partial charge < -0.3 is 14.9 Å². The minimum Gasteiger partial charge on any atom is -0.507 e. The molecule has 6 heteroatoms. The Hall–Kier alpha value is -3.05. The minimum absolute atomic E-state index is 0.0300. The van der Waals surface area contributed by atoms with E-state index < -0.39 is 5.56 Å². The molecule has 0 atom stereocenters. The van der Waals surface area contributed by atoms with E-state index in [2.05, 4.69) is 16.7 Å². The Kier molecular flexibility index (Phi) is 4.59. The highest BCUT2D eigenvalue weighted by atomic mass is 35.5. The Morgan fingerprint density at radius 2 is 2.08 bits per heavy atom. The van der Waals surface area contributed by atoms with Crippen molar-refractivity contribution in [3.8, 4) is 16.9 Å². The van der Waals surface area contributed by atoms with Gasteiger partial charge in [-0.05, 0) is 31.2 Å². The third kappa shape index (κ3) is 3.14. The van der Waals surface area contributed by atoms with Crippen LogP contribution in [0.25, 0.3) is 27.8 Å². The van der Waals surface area contributed by atoms with Crippen molar-refractivity contribution < 1.29 is 9.94 Å². The number of nitrogens with one attached hydrogen (secondary N) is 1. The van der Waals surface area contributed by atoms with Crippen LogP contribution in [0.4, 0.5) is 0 Å². The Morgan fingerprint density at radius 1 is 1.32 bits per heavy atom. The van der Waals surface area contributed by atoms with Crippen LogP contribution < -0.4 is 5.56 Å². The van der Waals surface area contributed by atoms with Gasteiger partial charge in [-0.15, -0.1) is 0 Å². The number of aromatic amines is 1. The molecule has 0 saturated carbocycles. The van der Waals surface area contributed by atoms with E-state index in [9.17, 15) is 9.90 Å². The number of hydrogen-bond acceptors (Lipinski definition) is 4. The zero-order chi connectivity index (χ0) is 18.0. The molecular weight excluding hydrogens is 340 g/mol. The molecule has 25 heavy (non-hydrogen) atoms. The molecule has 0 bridgehead atoms. The maximum Gasteiger partial charge on any atom is 0.260 e. The van der Waals surface area contributed by atoms with Gasteiger partial charge in [0, 0.05) is 33.3 Å². The summed E-state index contributed by atoms with van der Waals surface area (Å²) < 4.78 is 0. The number of hydrogen-bond donors (Lipinski definition) is 2. The first-order valence-electron chi connectivity index (χ1n) is 7.51. The van der Waals surface area contributed by atoms with Gasteiger partial charge in [0.2, 0.25) is 0 Å². The molecule has 2 aromatic carbocycles. The molecule has 0 radical (unpaired) electrons. The van der Waals surface area contributed by atoms with Crippen LogP contribution in [0.3, 0.4) is 0 Å². The predicted octanol–water partition coefficient (Wildman–Crippen LogP) is 4.55. The summed E-state index contributed by atoms with van der Waals surface area (Å²) in [5.74, 6) is 0.0990. The van der Waals surface area contributed by atoms with Gasteiger partial charge in [-0.25, -0.2) is 0 Å². The summed E-state index contributed by atoms with van der Waals surface area (Å²) in [6, 6.07) is 11.8. The number of aromatic nitrogens is 1. The van der Waals surface area contributed by atoms with E-state index in [-0.39, 0.29) is 17.1 Å². The monoisotopic (exact) mass is 354 g/mol. The maximum atomic E-state index is 12.7. The third-order valence-corrected chi connectivity index (χ3v) is 3.93. The van der Waals surface area contributed by atoms with Crippen molar-refractivity contribution in [1.82, 2.24) is 4.98 Å². The summed E-state index contributed by atoms with van der Waals surface area (Å²) in [5, 5.41) is 15.2. The predicted molar refractivity (Wildman–Crippen MR) is 101 cm³/mol. The molecule has 0 aliphatic heterocycles. The highest BCUT2D eigenvalue weighted by molar-refractivity contribution is 6.31. The molecule has 0 amide bonds. The van der Waals surface area contributed by atoms with Crippen molar-refractivity contribution in [2.45, 2.75) is 6.92 Å². The molecule has 2 N–H and O–H groups in total. The number of oxime groups is 1. The molecule has 0 fully saturated rings. The summed E-state index contributed by atoms with van der Waals surface area (Å²) in [6.45, 7) is 5.48. The number of para-hydroxylation sites is 1. The number of halogens is 1. The first kappa shape index (κ1) is 16.8. The van der Waals surface area contributed by atoms with Gasteiger partial charge in [0.1, 0.15) is 5.75 Å². The van der Waals surface area contributed by atoms with Gasteiger partial charge in [-0.2, -0.15) is 0 Å². The summed E-state index contributed by atoms with van der Waals surface area (Å²) in [6.07, 6.45) is 1.44. The van der Waals surface area contributed by atoms with Gasteiger partial charge >= 0.3 is 0 Å². The molecule has 0 spiro atoms. The average molecular weight is 355 g/mol. The zero-order valence-corrected chi connectivity index (χ0v) is 14.2. The Morgan fingerprint density at radius 3 is 2.80 bits per heavy atom. The first-order valence-corrected chi connectivity index (χ1v) is 7.89. The molecular formula is C19H15ClN2O3. The number of aromatic hydroxyl groups is 1. The van der Waals surface area contributed by atoms with Crippen LogP contribution in [0.2, 0.25) is 5.02 Å². The second-order valence-electron chi connectivity index (χ2n) is 5.29. The van der Waals surface area contributed by atoms with Crippen LogP contribution in [0.1, 0.15) is 12.5 Å². The maximum absolute atomic E-state index is 12.7. The van der Waals surface area contributed by atoms with Crippen LogP contribution >= 0.6 is 11.6 Å². The highest BCUT2D eigenvalue weighted by Crippen LogP contribution is 2.38. The number of H-pyrrole nitrogens is 1. The van der Waals surface area contributed by atoms with Gasteiger partial charge in [0.05, 0.1) is 5.56 Å².